The standard InChI is InChI=1S/C31H35ClN4O8S/c1-4-43-29(39)16-25(24-8-9-26-31(19(24)2)33-34-36(26)11-5-6-12-37)20-13-22(30(32)28(15-20)42-3)18-35-17-21-14-23(38)7-10-27(21)44-45(35,40)41/h7-10,13-15,25,37-38H,4-6,11-12,16-18H2,1-3H3. The Hall–Kier alpha value is -3.91. The molecule has 1 unspecified atom stereocenters. The van der Waals surface area contributed by atoms with E-state index in [1.807, 2.05) is 19.1 Å². The normalized spacial score (nSPS) is 15.0. The Morgan fingerprint density at radius 2 is 1.98 bits per heavy atom. The summed E-state index contributed by atoms with van der Waals surface area (Å²) in [6.45, 7) is 4.36. The number of aromatic hydroxyl groups is 1. The van der Waals surface area contributed by atoms with Crippen LogP contribution < -0.4 is 8.92 Å². The van der Waals surface area contributed by atoms with Crippen LogP contribution in [-0.2, 0) is 39.5 Å². The van der Waals surface area contributed by atoms with Crippen molar-refractivity contribution < 1.29 is 37.1 Å². The third-order valence-corrected chi connectivity index (χ3v) is 9.53. The van der Waals surface area contributed by atoms with Gasteiger partial charge in [0, 0.05) is 37.7 Å². The molecule has 0 amide bonds. The van der Waals surface area contributed by atoms with Gasteiger partial charge in [0.1, 0.15) is 22.8 Å². The Bertz CT molecular complexity index is 1830. The summed E-state index contributed by atoms with van der Waals surface area (Å²) in [7, 11) is -2.73. The molecule has 1 atom stereocenters. The van der Waals surface area contributed by atoms with Gasteiger partial charge < -0.3 is 23.9 Å². The number of rotatable bonds is 12. The van der Waals surface area contributed by atoms with Gasteiger partial charge in [-0.05, 0) is 79.3 Å². The molecule has 4 aromatic rings. The summed E-state index contributed by atoms with van der Waals surface area (Å²) in [5, 5.41) is 28.0. The van der Waals surface area contributed by atoms with E-state index in [0.29, 0.717) is 40.9 Å². The van der Waals surface area contributed by atoms with Crippen LogP contribution in [0.1, 0.15) is 59.9 Å². The number of unbranched alkanes of at least 4 members (excludes halogenated alkanes) is 1. The van der Waals surface area contributed by atoms with Gasteiger partial charge in [0.25, 0.3) is 0 Å². The number of carbonyl (C=O) groups is 1. The monoisotopic (exact) mass is 658 g/mol. The molecule has 2 N–H and O–H groups in total. The highest BCUT2D eigenvalue weighted by Crippen LogP contribution is 2.40. The van der Waals surface area contributed by atoms with Gasteiger partial charge in [0.2, 0.25) is 0 Å². The summed E-state index contributed by atoms with van der Waals surface area (Å²) in [6, 6.07) is 11.6. The van der Waals surface area contributed by atoms with Gasteiger partial charge in [-0.1, -0.05) is 28.9 Å². The molecule has 0 spiro atoms. The number of ether oxygens (including phenoxy) is 2. The number of halogens is 1. The van der Waals surface area contributed by atoms with E-state index < -0.39 is 22.2 Å². The van der Waals surface area contributed by atoms with Crippen molar-refractivity contribution in [3.05, 3.63) is 75.3 Å². The molecule has 0 saturated heterocycles. The molecule has 0 aliphatic carbocycles. The number of fused-ring (bicyclic) bond motifs is 2. The molecule has 12 nitrogen and oxygen atoms in total. The molecule has 14 heteroatoms. The molecule has 1 aliphatic rings. The van der Waals surface area contributed by atoms with Crippen molar-refractivity contribution in [2.24, 2.45) is 0 Å². The third-order valence-electron chi connectivity index (χ3n) is 7.82. The highest BCUT2D eigenvalue weighted by atomic mass is 35.5. The van der Waals surface area contributed by atoms with Crippen LogP contribution in [0.25, 0.3) is 11.0 Å². The van der Waals surface area contributed by atoms with Crippen LogP contribution in [0.15, 0.2) is 42.5 Å². The molecule has 0 fully saturated rings. The number of phenolic OH excluding ortho intramolecular Hbond substituents is 1. The lowest BCUT2D eigenvalue weighted by molar-refractivity contribution is -0.143. The molecular weight excluding hydrogens is 624 g/mol. The summed E-state index contributed by atoms with van der Waals surface area (Å²) in [4.78, 5) is 12.9. The predicted molar refractivity (Wildman–Crippen MR) is 167 cm³/mol. The van der Waals surface area contributed by atoms with Crippen molar-refractivity contribution in [3.63, 3.8) is 0 Å². The van der Waals surface area contributed by atoms with Gasteiger partial charge in [0.15, 0.2) is 0 Å². The minimum atomic E-state index is -4.19. The summed E-state index contributed by atoms with van der Waals surface area (Å²) >= 11 is 6.73. The number of aromatic nitrogens is 3. The van der Waals surface area contributed by atoms with Crippen molar-refractivity contribution in [2.45, 2.75) is 58.7 Å². The lowest BCUT2D eigenvalue weighted by Gasteiger charge is -2.29. The molecule has 240 valence electrons. The van der Waals surface area contributed by atoms with Crippen LogP contribution in [-0.4, -0.2) is 64.2 Å². The lowest BCUT2D eigenvalue weighted by atomic mass is 9.84. The number of esters is 1. The molecular formula is C31H35ClN4O8S. The zero-order valence-electron chi connectivity index (χ0n) is 25.2. The molecule has 1 aromatic heterocycles. The molecule has 1 aliphatic heterocycles. The summed E-state index contributed by atoms with van der Waals surface area (Å²) < 4.78 is 45.3. The number of methoxy groups -OCH3 is 1. The number of hydrogen-bond donors (Lipinski definition) is 2. The van der Waals surface area contributed by atoms with Crippen molar-refractivity contribution in [1.29, 1.82) is 0 Å². The predicted octanol–water partition coefficient (Wildman–Crippen LogP) is 4.60. The van der Waals surface area contributed by atoms with Crippen LogP contribution in [0.4, 0.5) is 0 Å². The Balaban J connectivity index is 1.56. The quantitative estimate of drug-likeness (QED) is 0.163. The Morgan fingerprint density at radius 3 is 2.71 bits per heavy atom. The number of hydrogen-bond acceptors (Lipinski definition) is 10. The average Bonchev–Trinajstić information content (AvgIpc) is 3.42. The summed E-state index contributed by atoms with van der Waals surface area (Å²) in [5.41, 5.74) is 4.75. The smallest absolute Gasteiger partial charge is 0.385 e. The fraction of sp³-hybridized carbons (Fsp3) is 0.387. The Kier molecular flexibility index (Phi) is 9.82. The van der Waals surface area contributed by atoms with E-state index >= 15 is 0 Å². The van der Waals surface area contributed by atoms with E-state index in [2.05, 4.69) is 10.3 Å². The second-order valence-corrected chi connectivity index (χ2v) is 12.7. The first kappa shape index (κ1) is 32.5. The van der Waals surface area contributed by atoms with Crippen LogP contribution in [0.2, 0.25) is 5.02 Å². The van der Waals surface area contributed by atoms with Gasteiger partial charge in [-0.2, -0.15) is 12.7 Å². The fourth-order valence-corrected chi connectivity index (χ4v) is 6.90. The molecule has 0 bridgehead atoms. The SMILES string of the molecule is CCOC(=O)CC(c1cc(CN2Cc3cc(O)ccc3OS2(=O)=O)c(Cl)c(OC)c1)c1ccc2c(nnn2CCCCO)c1C. The maximum absolute atomic E-state index is 13.1. The molecule has 2 heterocycles. The van der Waals surface area contributed by atoms with Crippen LogP contribution in [0, 0.1) is 6.92 Å². The Labute approximate surface area is 266 Å². The van der Waals surface area contributed by atoms with Gasteiger partial charge in [-0.3, -0.25) is 4.79 Å². The molecule has 0 radical (unpaired) electrons. The first-order chi connectivity index (χ1) is 21.6. The van der Waals surface area contributed by atoms with E-state index in [0.717, 1.165) is 27.4 Å². The largest absolute Gasteiger partial charge is 0.508 e. The molecule has 45 heavy (non-hydrogen) atoms. The van der Waals surface area contributed by atoms with Crippen LogP contribution >= 0.6 is 11.6 Å². The topological polar surface area (TPSA) is 153 Å². The average molecular weight is 659 g/mol. The second kappa shape index (κ2) is 13.6. The van der Waals surface area contributed by atoms with Crippen LogP contribution in [0.5, 0.6) is 17.2 Å². The van der Waals surface area contributed by atoms with Crippen LogP contribution in [0.3, 0.4) is 0 Å². The van der Waals surface area contributed by atoms with Gasteiger partial charge in [0.05, 0.1) is 30.7 Å². The zero-order chi connectivity index (χ0) is 32.3. The maximum Gasteiger partial charge on any atom is 0.385 e. The van der Waals surface area contributed by atoms with E-state index in [1.165, 1.54) is 25.3 Å². The second-order valence-electron chi connectivity index (χ2n) is 10.7. The van der Waals surface area contributed by atoms with Crippen molar-refractivity contribution in [3.8, 4) is 17.2 Å². The minimum absolute atomic E-state index is 0.00712. The Morgan fingerprint density at radius 1 is 1.18 bits per heavy atom. The summed E-state index contributed by atoms with van der Waals surface area (Å²) in [5.74, 6) is -0.497. The van der Waals surface area contributed by atoms with Crippen molar-refractivity contribution in [1.82, 2.24) is 19.3 Å². The van der Waals surface area contributed by atoms with E-state index in [1.54, 1.807) is 23.7 Å². The van der Waals surface area contributed by atoms with Gasteiger partial charge in [-0.25, -0.2) is 4.68 Å². The highest BCUT2D eigenvalue weighted by molar-refractivity contribution is 7.84. The first-order valence-electron chi connectivity index (χ1n) is 14.5. The number of aryl methyl sites for hydroxylation is 2. The van der Waals surface area contributed by atoms with Crippen molar-refractivity contribution >= 4 is 38.9 Å². The number of phenols is 1. The molecule has 0 saturated carbocycles. The van der Waals surface area contributed by atoms with Crippen molar-refractivity contribution in [2.75, 3.05) is 20.3 Å². The molecule has 3 aromatic carbocycles. The van der Waals surface area contributed by atoms with Gasteiger partial charge >= 0.3 is 16.3 Å². The number of aliphatic hydroxyl groups is 1. The molecule has 5 rings (SSSR count). The maximum atomic E-state index is 13.1. The zero-order valence-corrected chi connectivity index (χ0v) is 26.8. The van der Waals surface area contributed by atoms with E-state index in [4.69, 9.17) is 30.4 Å². The van der Waals surface area contributed by atoms with E-state index in [9.17, 15) is 18.3 Å². The third kappa shape index (κ3) is 6.86. The lowest BCUT2D eigenvalue weighted by Crippen LogP contribution is -2.37. The number of aliphatic hydroxyl groups excluding tert-OH is 1. The highest BCUT2D eigenvalue weighted by Gasteiger charge is 2.33. The number of nitrogens with zero attached hydrogens (tertiary/aromatic N) is 4. The first-order valence-corrected chi connectivity index (χ1v) is 16.3. The van der Waals surface area contributed by atoms with Gasteiger partial charge in [-0.15, -0.1) is 5.10 Å². The van der Waals surface area contributed by atoms with E-state index in [-0.39, 0.29) is 49.2 Å². The number of carbonyl (C=O) groups excluding carboxylic acids is 1. The number of benzene rings is 3. The fourth-order valence-electron chi connectivity index (χ4n) is 5.57. The summed E-state index contributed by atoms with van der Waals surface area (Å²) in [6.07, 6.45) is 1.40. The minimum Gasteiger partial charge on any atom is -0.508 e.